The molecule has 3 aromatic rings. The van der Waals surface area contributed by atoms with Gasteiger partial charge in [-0.1, -0.05) is 32.0 Å². The Labute approximate surface area is 210 Å². The number of anilines is 3. The van der Waals surface area contributed by atoms with Gasteiger partial charge < -0.3 is 14.7 Å². The molecule has 1 aromatic carbocycles. The number of nitrogens with zero attached hydrogens (tertiary/aromatic N) is 7. The molecule has 0 aliphatic carbocycles. The fourth-order valence-corrected chi connectivity index (χ4v) is 4.30. The fourth-order valence-electron chi connectivity index (χ4n) is 4.30. The van der Waals surface area contributed by atoms with Crippen LogP contribution in [0.4, 0.5) is 30.9 Å². The molecule has 7 nitrogen and oxygen atoms in total. The van der Waals surface area contributed by atoms with Gasteiger partial charge in [-0.3, -0.25) is 0 Å². The van der Waals surface area contributed by atoms with Crippen molar-refractivity contribution in [2.24, 2.45) is 0 Å². The van der Waals surface area contributed by atoms with Crippen LogP contribution in [0.25, 0.3) is 11.4 Å². The summed E-state index contributed by atoms with van der Waals surface area (Å²) in [6.45, 7) is 11.6. The smallest absolute Gasteiger partial charge is 0.353 e. The number of hydrogen-bond acceptors (Lipinski definition) is 7. The first kappa shape index (κ1) is 25.7. The second-order valence-corrected chi connectivity index (χ2v) is 9.06. The normalized spacial score (nSPS) is 14.4. The summed E-state index contributed by atoms with van der Waals surface area (Å²) in [7, 11) is 0. The van der Waals surface area contributed by atoms with Crippen molar-refractivity contribution in [2.45, 2.75) is 39.8 Å². The zero-order valence-electron chi connectivity index (χ0n) is 21.1. The lowest BCUT2D eigenvalue weighted by atomic mass is 10.0. The van der Waals surface area contributed by atoms with E-state index in [4.69, 9.17) is 15.0 Å². The summed E-state index contributed by atoms with van der Waals surface area (Å²) in [5.74, 6) is 2.07. The van der Waals surface area contributed by atoms with Crippen LogP contribution in [0.3, 0.4) is 0 Å². The highest BCUT2D eigenvalue weighted by molar-refractivity contribution is 5.60. The number of hydrogen-bond donors (Lipinski definition) is 0. The van der Waals surface area contributed by atoms with Gasteiger partial charge in [0.15, 0.2) is 5.82 Å². The summed E-state index contributed by atoms with van der Waals surface area (Å²) in [6.07, 6.45) is -3.05. The molecule has 1 fully saturated rings. The number of pyridine rings is 1. The Morgan fingerprint density at radius 3 is 2.25 bits per heavy atom. The van der Waals surface area contributed by atoms with Gasteiger partial charge in [0.05, 0.1) is 5.56 Å². The van der Waals surface area contributed by atoms with Gasteiger partial charge in [-0.15, -0.1) is 0 Å². The highest BCUT2D eigenvalue weighted by Gasteiger charge is 2.36. The summed E-state index contributed by atoms with van der Waals surface area (Å²) in [6, 6.07) is 10.6. The van der Waals surface area contributed by atoms with E-state index in [1.165, 1.54) is 17.8 Å². The van der Waals surface area contributed by atoms with Gasteiger partial charge in [0, 0.05) is 51.0 Å². The largest absolute Gasteiger partial charge is 0.419 e. The van der Waals surface area contributed by atoms with Gasteiger partial charge in [-0.05, 0) is 43.5 Å². The molecule has 1 aliphatic rings. The lowest BCUT2D eigenvalue weighted by Gasteiger charge is -2.36. The monoisotopic (exact) mass is 499 g/mol. The summed E-state index contributed by atoms with van der Waals surface area (Å²) in [4.78, 5) is 24.1. The Hall–Kier alpha value is -3.43. The van der Waals surface area contributed by atoms with E-state index in [0.29, 0.717) is 49.8 Å². The molecule has 3 heterocycles. The van der Waals surface area contributed by atoms with Crippen LogP contribution in [-0.4, -0.2) is 59.2 Å². The maximum absolute atomic E-state index is 13.5. The molecule has 0 N–H and O–H groups in total. The Bertz CT molecular complexity index is 1170. The molecule has 0 unspecified atom stereocenters. The number of alkyl halides is 3. The summed E-state index contributed by atoms with van der Waals surface area (Å²) in [5, 5.41) is 0. The van der Waals surface area contributed by atoms with Crippen molar-refractivity contribution in [3.63, 3.8) is 0 Å². The molecular weight excluding hydrogens is 467 g/mol. The quantitative estimate of drug-likeness (QED) is 0.440. The molecule has 4 rings (SSSR count). The van der Waals surface area contributed by atoms with Crippen LogP contribution in [0, 0.1) is 0 Å². The van der Waals surface area contributed by atoms with E-state index in [-0.39, 0.29) is 5.82 Å². The van der Waals surface area contributed by atoms with Crippen LogP contribution in [0.5, 0.6) is 0 Å². The molecule has 1 aliphatic heterocycles. The summed E-state index contributed by atoms with van der Waals surface area (Å²) in [5.41, 5.74) is 1.40. The number of benzene rings is 1. The average Bonchev–Trinajstić information content (AvgIpc) is 2.89. The predicted octanol–water partition coefficient (Wildman–Crippen LogP) is 5.25. The fraction of sp³-hybridized carbons (Fsp3) is 0.462. The third kappa shape index (κ3) is 5.52. The van der Waals surface area contributed by atoms with Crippen LogP contribution < -0.4 is 14.7 Å². The SMILES string of the molecule is CCN(CC)c1nc(-c2cccc(C(C)C)c2)nc(N2CCN(c3ncccc3C(F)(F)F)CC2)n1. The third-order valence-corrected chi connectivity index (χ3v) is 6.42. The van der Waals surface area contributed by atoms with Crippen molar-refractivity contribution in [1.29, 1.82) is 0 Å². The summed E-state index contributed by atoms with van der Waals surface area (Å²) < 4.78 is 40.5. The highest BCUT2D eigenvalue weighted by Crippen LogP contribution is 2.35. The molecule has 0 spiro atoms. The molecular formula is C26H32F3N7. The minimum absolute atomic E-state index is 0.0321. The average molecular weight is 500 g/mol. The van der Waals surface area contributed by atoms with Crippen molar-refractivity contribution >= 4 is 17.7 Å². The van der Waals surface area contributed by atoms with Gasteiger partial charge in [-0.2, -0.15) is 28.1 Å². The molecule has 0 bridgehead atoms. The number of rotatable bonds is 7. The highest BCUT2D eigenvalue weighted by atomic mass is 19.4. The molecule has 0 amide bonds. The van der Waals surface area contributed by atoms with Crippen LogP contribution >= 0.6 is 0 Å². The lowest BCUT2D eigenvalue weighted by Crippen LogP contribution is -2.48. The molecule has 0 atom stereocenters. The minimum atomic E-state index is -4.45. The first-order valence-electron chi connectivity index (χ1n) is 12.3. The van der Waals surface area contributed by atoms with Crippen molar-refractivity contribution in [3.8, 4) is 11.4 Å². The molecule has 0 saturated carbocycles. The topological polar surface area (TPSA) is 61.3 Å². The molecule has 10 heteroatoms. The van der Waals surface area contributed by atoms with Gasteiger partial charge in [0.2, 0.25) is 11.9 Å². The second-order valence-electron chi connectivity index (χ2n) is 9.06. The van der Waals surface area contributed by atoms with Crippen LogP contribution in [0.1, 0.15) is 44.7 Å². The van der Waals surface area contributed by atoms with Gasteiger partial charge in [0.25, 0.3) is 0 Å². The van der Waals surface area contributed by atoms with Gasteiger partial charge in [-0.25, -0.2) is 4.98 Å². The van der Waals surface area contributed by atoms with Crippen LogP contribution in [0.2, 0.25) is 0 Å². The Balaban J connectivity index is 1.63. The van der Waals surface area contributed by atoms with E-state index in [1.54, 1.807) is 4.90 Å². The van der Waals surface area contributed by atoms with Crippen LogP contribution in [-0.2, 0) is 6.18 Å². The van der Waals surface area contributed by atoms with Crippen LogP contribution in [0.15, 0.2) is 42.6 Å². The third-order valence-electron chi connectivity index (χ3n) is 6.42. The number of halogens is 3. The van der Waals surface area contributed by atoms with Crippen molar-refractivity contribution < 1.29 is 13.2 Å². The van der Waals surface area contributed by atoms with Crippen molar-refractivity contribution in [1.82, 2.24) is 19.9 Å². The second kappa shape index (κ2) is 10.7. The minimum Gasteiger partial charge on any atom is -0.353 e. The molecule has 36 heavy (non-hydrogen) atoms. The maximum atomic E-state index is 13.5. The Morgan fingerprint density at radius 1 is 0.917 bits per heavy atom. The van der Waals surface area contributed by atoms with E-state index < -0.39 is 11.7 Å². The van der Waals surface area contributed by atoms with E-state index >= 15 is 0 Å². The van der Waals surface area contributed by atoms with Crippen molar-refractivity contribution in [3.05, 3.63) is 53.7 Å². The number of piperazine rings is 1. The van der Waals surface area contributed by atoms with E-state index in [9.17, 15) is 13.2 Å². The van der Waals surface area contributed by atoms with E-state index in [0.717, 1.165) is 24.7 Å². The zero-order valence-corrected chi connectivity index (χ0v) is 21.1. The Morgan fingerprint density at radius 2 is 1.61 bits per heavy atom. The molecule has 192 valence electrons. The first-order valence-corrected chi connectivity index (χ1v) is 12.3. The first-order chi connectivity index (χ1) is 17.2. The van der Waals surface area contributed by atoms with Gasteiger partial charge >= 0.3 is 6.18 Å². The molecule has 0 radical (unpaired) electrons. The standard InChI is InChI=1S/C26H32F3N7/c1-5-34(6-2)24-31-22(20-10-7-9-19(17-20)18(3)4)32-25(33-24)36-15-13-35(14-16-36)23-21(26(27,28)29)11-8-12-30-23/h7-12,17-18H,5-6,13-16H2,1-4H3. The summed E-state index contributed by atoms with van der Waals surface area (Å²) >= 11 is 0. The molecule has 1 saturated heterocycles. The molecule has 2 aromatic heterocycles. The van der Waals surface area contributed by atoms with E-state index in [1.807, 2.05) is 17.0 Å². The Kier molecular flexibility index (Phi) is 7.61. The maximum Gasteiger partial charge on any atom is 0.419 e. The van der Waals surface area contributed by atoms with E-state index in [2.05, 4.69) is 49.7 Å². The number of aromatic nitrogens is 4. The van der Waals surface area contributed by atoms with Crippen molar-refractivity contribution in [2.75, 3.05) is 54.0 Å². The zero-order chi connectivity index (χ0) is 25.9. The lowest BCUT2D eigenvalue weighted by molar-refractivity contribution is -0.137. The van der Waals surface area contributed by atoms with Gasteiger partial charge in [0.1, 0.15) is 5.82 Å². The predicted molar refractivity (Wildman–Crippen MR) is 137 cm³/mol.